The molecular formula is C23H26N4O2S. The topological polar surface area (TPSA) is 80.5 Å². The number of benzene rings is 1. The van der Waals surface area contributed by atoms with Crippen LogP contribution in [0.25, 0.3) is 10.2 Å². The van der Waals surface area contributed by atoms with Gasteiger partial charge in [0.25, 0.3) is 5.91 Å². The maximum Gasteiger partial charge on any atom is 0.268 e. The number of nitrogen functional groups attached to an aromatic ring is 1. The average Bonchev–Trinajstić information content (AvgIpc) is 3.42. The van der Waals surface area contributed by atoms with Crippen molar-refractivity contribution in [3.8, 4) is 5.75 Å². The van der Waals surface area contributed by atoms with Crippen LogP contribution in [-0.2, 0) is 12.8 Å². The zero-order valence-electron chi connectivity index (χ0n) is 17.2. The summed E-state index contributed by atoms with van der Waals surface area (Å²) in [5, 5.41) is 3.95. The summed E-state index contributed by atoms with van der Waals surface area (Å²) in [7, 11) is 1.59. The van der Waals surface area contributed by atoms with Crippen molar-refractivity contribution in [3.63, 3.8) is 0 Å². The number of carbonyl (C=O) groups is 1. The molecule has 0 radical (unpaired) electrons. The SMILES string of the molecule is COc1ccccc1NC(=O)c1sc2nc(N3CCCC3)c3c(c2c1N)CCCC3. The highest BCUT2D eigenvalue weighted by atomic mass is 32.1. The summed E-state index contributed by atoms with van der Waals surface area (Å²) in [5.74, 6) is 1.53. The molecule has 1 fully saturated rings. The number of thiophene rings is 1. The highest BCUT2D eigenvalue weighted by Gasteiger charge is 2.28. The van der Waals surface area contributed by atoms with Gasteiger partial charge >= 0.3 is 0 Å². The number of nitrogens with one attached hydrogen (secondary N) is 1. The lowest BCUT2D eigenvalue weighted by Crippen LogP contribution is -2.22. The molecule has 30 heavy (non-hydrogen) atoms. The average molecular weight is 423 g/mol. The van der Waals surface area contributed by atoms with Crippen LogP contribution < -0.4 is 20.7 Å². The van der Waals surface area contributed by atoms with E-state index >= 15 is 0 Å². The fraction of sp³-hybridized carbons (Fsp3) is 0.391. The molecular weight excluding hydrogens is 396 g/mol. The van der Waals surface area contributed by atoms with Crippen molar-refractivity contribution in [2.45, 2.75) is 38.5 Å². The number of amides is 1. The number of hydrogen-bond donors (Lipinski definition) is 2. The van der Waals surface area contributed by atoms with E-state index in [0.29, 0.717) is 22.0 Å². The standard InChI is InChI=1S/C23H26N4O2S/c1-29-17-11-5-4-10-16(17)25-22(28)20-19(24)18-14-8-2-3-9-15(14)21(26-23(18)30-20)27-12-6-7-13-27/h4-5,10-11H,2-3,6-9,12-13,24H2,1H3,(H,25,28). The minimum absolute atomic E-state index is 0.215. The van der Waals surface area contributed by atoms with Crippen LogP contribution in [0.1, 0.15) is 46.5 Å². The Bertz CT molecular complexity index is 1120. The van der Waals surface area contributed by atoms with Crippen LogP contribution in [0.3, 0.4) is 0 Å². The third kappa shape index (κ3) is 3.17. The second-order valence-electron chi connectivity index (χ2n) is 7.97. The summed E-state index contributed by atoms with van der Waals surface area (Å²) >= 11 is 1.39. The molecule has 2 aromatic heterocycles. The number of rotatable bonds is 4. The van der Waals surface area contributed by atoms with Crippen LogP contribution in [0.15, 0.2) is 24.3 Å². The Hall–Kier alpha value is -2.80. The third-order valence-electron chi connectivity index (χ3n) is 6.14. The molecule has 1 saturated heterocycles. The first-order valence-corrected chi connectivity index (χ1v) is 11.4. The number of aryl methyl sites for hydroxylation is 1. The number of nitrogens with zero attached hydrogens (tertiary/aromatic N) is 2. The lowest BCUT2D eigenvalue weighted by Gasteiger charge is -2.25. The number of fused-ring (bicyclic) bond motifs is 3. The summed E-state index contributed by atoms with van der Waals surface area (Å²) in [5.41, 5.74) is 10.4. The van der Waals surface area contributed by atoms with Gasteiger partial charge in [-0.25, -0.2) is 4.98 Å². The molecule has 1 aliphatic carbocycles. The lowest BCUT2D eigenvalue weighted by molar-refractivity contribution is 0.103. The van der Waals surface area contributed by atoms with Gasteiger partial charge in [-0.1, -0.05) is 12.1 Å². The van der Waals surface area contributed by atoms with Crippen LogP contribution in [0.2, 0.25) is 0 Å². The molecule has 0 spiro atoms. The Kier molecular flexibility index (Phi) is 4.98. The number of pyridine rings is 1. The zero-order valence-corrected chi connectivity index (χ0v) is 18.0. The minimum atomic E-state index is -0.215. The van der Waals surface area contributed by atoms with Crippen LogP contribution in [0.4, 0.5) is 17.2 Å². The molecule has 0 bridgehead atoms. The Balaban J connectivity index is 1.59. The molecule has 1 aliphatic heterocycles. The van der Waals surface area contributed by atoms with Gasteiger partial charge < -0.3 is 20.7 Å². The maximum absolute atomic E-state index is 13.1. The molecule has 3 N–H and O–H groups in total. The maximum atomic E-state index is 13.1. The van der Waals surface area contributed by atoms with Crippen molar-refractivity contribution in [2.24, 2.45) is 0 Å². The Morgan fingerprint density at radius 3 is 2.63 bits per heavy atom. The second kappa shape index (κ2) is 7.80. The highest BCUT2D eigenvalue weighted by molar-refractivity contribution is 7.21. The Labute approximate surface area is 180 Å². The van der Waals surface area contributed by atoms with E-state index in [1.54, 1.807) is 7.11 Å². The van der Waals surface area contributed by atoms with Crippen molar-refractivity contribution in [1.82, 2.24) is 4.98 Å². The molecule has 0 atom stereocenters. The van der Waals surface area contributed by atoms with E-state index in [9.17, 15) is 4.79 Å². The molecule has 6 nitrogen and oxygen atoms in total. The number of carbonyl (C=O) groups excluding carboxylic acids is 1. The largest absolute Gasteiger partial charge is 0.495 e. The van der Waals surface area contributed by atoms with E-state index in [0.717, 1.165) is 48.4 Å². The van der Waals surface area contributed by atoms with Crippen molar-refractivity contribution in [2.75, 3.05) is 36.1 Å². The van der Waals surface area contributed by atoms with Gasteiger partial charge in [-0.2, -0.15) is 0 Å². The van der Waals surface area contributed by atoms with Crippen LogP contribution in [-0.4, -0.2) is 31.1 Å². The number of nitrogens with two attached hydrogens (primary N) is 1. The van der Waals surface area contributed by atoms with Gasteiger partial charge in [0.2, 0.25) is 0 Å². The summed E-state index contributed by atoms with van der Waals surface area (Å²) in [6.45, 7) is 2.12. The van der Waals surface area contributed by atoms with E-state index in [4.69, 9.17) is 15.5 Å². The predicted molar refractivity (Wildman–Crippen MR) is 123 cm³/mol. The Morgan fingerprint density at radius 2 is 1.87 bits per heavy atom. The van der Waals surface area contributed by atoms with Crippen LogP contribution in [0, 0.1) is 0 Å². The second-order valence-corrected chi connectivity index (χ2v) is 8.97. The van der Waals surface area contributed by atoms with Gasteiger partial charge in [0.05, 0.1) is 18.5 Å². The summed E-state index contributed by atoms with van der Waals surface area (Å²) in [4.78, 5) is 22.0. The van der Waals surface area contributed by atoms with Crippen molar-refractivity contribution < 1.29 is 9.53 Å². The van der Waals surface area contributed by atoms with Crippen LogP contribution in [0.5, 0.6) is 5.75 Å². The summed E-state index contributed by atoms with van der Waals surface area (Å²) in [6.07, 6.45) is 6.82. The molecule has 3 aromatic rings. The number of para-hydroxylation sites is 2. The van der Waals surface area contributed by atoms with Crippen molar-refractivity contribution in [1.29, 1.82) is 0 Å². The lowest BCUT2D eigenvalue weighted by atomic mass is 9.89. The summed E-state index contributed by atoms with van der Waals surface area (Å²) in [6, 6.07) is 7.39. The van der Waals surface area contributed by atoms with E-state index < -0.39 is 0 Å². The van der Waals surface area contributed by atoms with E-state index in [-0.39, 0.29) is 5.91 Å². The molecule has 7 heteroatoms. The molecule has 2 aliphatic rings. The molecule has 1 aromatic carbocycles. The van der Waals surface area contributed by atoms with Crippen LogP contribution >= 0.6 is 11.3 Å². The number of aromatic nitrogens is 1. The van der Waals surface area contributed by atoms with Gasteiger partial charge in [0.15, 0.2) is 0 Å². The minimum Gasteiger partial charge on any atom is -0.495 e. The molecule has 3 heterocycles. The quantitative estimate of drug-likeness (QED) is 0.641. The molecule has 0 saturated carbocycles. The van der Waals surface area contributed by atoms with Crippen molar-refractivity contribution >= 4 is 44.7 Å². The fourth-order valence-electron chi connectivity index (χ4n) is 4.68. The zero-order chi connectivity index (χ0) is 20.7. The number of anilines is 3. The van der Waals surface area contributed by atoms with Gasteiger partial charge in [-0.3, -0.25) is 4.79 Å². The predicted octanol–water partition coefficient (Wildman–Crippen LogP) is 4.62. The van der Waals surface area contributed by atoms with Gasteiger partial charge in [0.1, 0.15) is 21.3 Å². The molecule has 0 unspecified atom stereocenters. The molecule has 156 valence electrons. The Morgan fingerprint density at radius 1 is 1.13 bits per heavy atom. The van der Waals surface area contributed by atoms with Gasteiger partial charge in [-0.15, -0.1) is 11.3 Å². The highest BCUT2D eigenvalue weighted by Crippen LogP contribution is 2.42. The van der Waals surface area contributed by atoms with E-state index in [2.05, 4.69) is 10.2 Å². The third-order valence-corrected chi connectivity index (χ3v) is 7.24. The number of hydrogen-bond acceptors (Lipinski definition) is 6. The number of ether oxygens (including phenoxy) is 1. The summed E-state index contributed by atoms with van der Waals surface area (Å²) < 4.78 is 5.36. The van der Waals surface area contributed by atoms with E-state index in [1.807, 2.05) is 24.3 Å². The smallest absolute Gasteiger partial charge is 0.268 e. The van der Waals surface area contributed by atoms with Gasteiger partial charge in [-0.05, 0) is 61.8 Å². The van der Waals surface area contributed by atoms with E-state index in [1.165, 1.54) is 41.7 Å². The number of methoxy groups -OCH3 is 1. The monoisotopic (exact) mass is 422 g/mol. The van der Waals surface area contributed by atoms with Gasteiger partial charge in [0, 0.05) is 18.5 Å². The first kappa shape index (κ1) is 19.2. The molecule has 1 amide bonds. The first-order valence-electron chi connectivity index (χ1n) is 10.6. The normalized spacial score (nSPS) is 16.0. The molecule has 5 rings (SSSR count). The fourth-order valence-corrected chi connectivity index (χ4v) is 5.70. The first-order chi connectivity index (χ1) is 14.7. The van der Waals surface area contributed by atoms with Crippen molar-refractivity contribution in [3.05, 3.63) is 40.3 Å².